The number of aromatic nitrogens is 2. The molecule has 5 heteroatoms. The van der Waals surface area contributed by atoms with Gasteiger partial charge in [0, 0.05) is 52.8 Å². The number of hydrogen-bond acceptors (Lipinski definition) is 2. The Bertz CT molecular complexity index is 512. The Hall–Kier alpha value is -0.446. The molecule has 2 heterocycles. The van der Waals surface area contributed by atoms with E-state index < -0.39 is 0 Å². The van der Waals surface area contributed by atoms with Crippen molar-refractivity contribution in [1.29, 1.82) is 0 Å². The molecule has 1 aromatic rings. The molecule has 0 spiro atoms. The van der Waals surface area contributed by atoms with Crippen LogP contribution in [0.25, 0.3) is 0 Å². The minimum Gasteiger partial charge on any atom is -0.409 e. The minimum atomic E-state index is 0. The average molecular weight is 390 g/mol. The molecule has 125 valence electrons. The van der Waals surface area contributed by atoms with Gasteiger partial charge in [-0.1, -0.05) is 63.3 Å². The van der Waals surface area contributed by atoms with E-state index in [0.29, 0.717) is 0 Å². The van der Waals surface area contributed by atoms with Crippen LogP contribution in [0.4, 0.5) is 0 Å². The zero-order valence-electron chi connectivity index (χ0n) is 14.4. The van der Waals surface area contributed by atoms with Crippen LogP contribution >= 0.6 is 0 Å². The van der Waals surface area contributed by atoms with Crippen LogP contribution in [0.1, 0.15) is 37.7 Å². The Morgan fingerprint density at radius 2 is 1.52 bits per heavy atom. The Morgan fingerprint density at radius 1 is 1.00 bits per heavy atom. The molecular weight excluding hydrogens is 361 g/mol. The molecule has 1 radical (unpaired) electrons. The number of aromatic amines is 2. The van der Waals surface area contributed by atoms with Crippen LogP contribution < -0.4 is 10.8 Å². The Labute approximate surface area is 165 Å². The van der Waals surface area contributed by atoms with E-state index in [2.05, 4.69) is 51.0 Å². The monoisotopic (exact) mass is 390 g/mol. The third-order valence-corrected chi connectivity index (χ3v) is 4.40. The van der Waals surface area contributed by atoms with Gasteiger partial charge in [-0.25, -0.2) is 0 Å². The van der Waals surface area contributed by atoms with Crippen LogP contribution in [0, 0.1) is 25.0 Å². The Balaban J connectivity index is 0.000000175. The quantitative estimate of drug-likeness (QED) is 0.587. The van der Waals surface area contributed by atoms with Crippen molar-refractivity contribution in [1.82, 2.24) is 15.5 Å². The van der Waals surface area contributed by atoms with Crippen LogP contribution in [0.3, 0.4) is 0 Å². The van der Waals surface area contributed by atoms with E-state index >= 15 is 0 Å². The van der Waals surface area contributed by atoms with Gasteiger partial charge in [0.25, 0.3) is 0 Å². The van der Waals surface area contributed by atoms with Gasteiger partial charge in [0.05, 0.1) is 0 Å². The summed E-state index contributed by atoms with van der Waals surface area (Å²) in [6, 6.07) is 0. The van der Waals surface area contributed by atoms with Crippen molar-refractivity contribution < 1.29 is 32.7 Å². The molecule has 2 unspecified atom stereocenters. The molecule has 3 N–H and O–H groups in total. The molecule has 2 aliphatic carbocycles. The molecule has 1 aliphatic heterocycles. The first-order chi connectivity index (χ1) is 10.8. The summed E-state index contributed by atoms with van der Waals surface area (Å²) in [4.78, 5) is 3.91. The van der Waals surface area contributed by atoms with Crippen LogP contribution in [0.15, 0.2) is 29.3 Å². The van der Waals surface area contributed by atoms with E-state index in [0.717, 1.165) is 22.9 Å². The van der Waals surface area contributed by atoms with Gasteiger partial charge < -0.3 is 20.5 Å². The van der Waals surface area contributed by atoms with Gasteiger partial charge in [0.2, 0.25) is 0 Å². The van der Waals surface area contributed by atoms with Gasteiger partial charge in [-0.15, -0.1) is 6.20 Å². The first-order valence-corrected chi connectivity index (χ1v) is 8.44. The van der Waals surface area contributed by atoms with Crippen molar-refractivity contribution >= 4 is 0 Å². The predicted octanol–water partition coefficient (Wildman–Crippen LogP) is 2.88. The van der Waals surface area contributed by atoms with Crippen molar-refractivity contribution in [2.75, 3.05) is 20.1 Å². The van der Waals surface area contributed by atoms with Crippen LogP contribution in [0.5, 0.6) is 0 Å². The molecule has 0 aromatic carbocycles. The summed E-state index contributed by atoms with van der Waals surface area (Å²) < 4.78 is 0. The third kappa shape index (κ3) is 7.32. The van der Waals surface area contributed by atoms with Crippen LogP contribution in [-0.4, -0.2) is 30.3 Å². The van der Waals surface area contributed by atoms with Gasteiger partial charge in [0.15, 0.2) is 0 Å². The molecule has 2 atom stereocenters. The van der Waals surface area contributed by atoms with E-state index in [9.17, 15) is 0 Å². The minimum absolute atomic E-state index is 0. The van der Waals surface area contributed by atoms with Crippen molar-refractivity contribution in [3.8, 4) is 0 Å². The number of rotatable bonds is 0. The molecule has 1 aromatic heterocycles. The summed E-state index contributed by atoms with van der Waals surface area (Å²) >= 11 is 0. The van der Waals surface area contributed by atoms with E-state index in [1.165, 1.54) is 45.2 Å². The number of allylic oxidation sites excluding steroid dienone is 2. The number of nitrogens with zero attached hydrogens (tertiary/aromatic N) is 1. The predicted molar refractivity (Wildman–Crippen MR) is 91.4 cm³/mol. The van der Waals surface area contributed by atoms with Crippen LogP contribution in [0.2, 0.25) is 0 Å². The molecular formula is C18H29N4Y-. The molecule has 4 rings (SSSR count). The SMILES string of the molecule is C1=CC2CNCC2C=C1.C1CCCC1.CN=c1[nH][nH][c-]c1C.[Y]. The number of H-pyrrole nitrogens is 2. The maximum Gasteiger partial charge on any atom is 0.00925 e. The van der Waals surface area contributed by atoms with Gasteiger partial charge >= 0.3 is 0 Å². The molecule has 4 nitrogen and oxygen atoms in total. The summed E-state index contributed by atoms with van der Waals surface area (Å²) in [6.45, 7) is 4.28. The summed E-state index contributed by atoms with van der Waals surface area (Å²) in [5.41, 5.74) is 1.89. The molecule has 1 saturated heterocycles. The Morgan fingerprint density at radius 3 is 1.87 bits per heavy atom. The van der Waals surface area contributed by atoms with Crippen molar-refractivity contribution in [2.45, 2.75) is 39.0 Å². The van der Waals surface area contributed by atoms with E-state index in [-0.39, 0.29) is 32.7 Å². The fraction of sp³-hybridized carbons (Fsp3) is 0.611. The summed E-state index contributed by atoms with van der Waals surface area (Å²) in [6.07, 6.45) is 19.2. The van der Waals surface area contributed by atoms with E-state index in [4.69, 9.17) is 0 Å². The smallest absolute Gasteiger partial charge is 0.00925 e. The average Bonchev–Trinajstić information content (AvgIpc) is 3.31. The van der Waals surface area contributed by atoms with E-state index in [1.807, 2.05) is 6.92 Å². The number of aryl methyl sites for hydroxylation is 1. The molecule has 2 fully saturated rings. The summed E-state index contributed by atoms with van der Waals surface area (Å²) in [5.74, 6) is 1.57. The largest absolute Gasteiger partial charge is 0.409 e. The second-order valence-electron chi connectivity index (χ2n) is 6.10. The van der Waals surface area contributed by atoms with Gasteiger partial charge in [0.1, 0.15) is 0 Å². The first-order valence-electron chi connectivity index (χ1n) is 8.44. The molecule has 0 bridgehead atoms. The van der Waals surface area contributed by atoms with Gasteiger partial charge in [-0.05, 0) is 17.3 Å². The topological polar surface area (TPSA) is 56.0 Å². The van der Waals surface area contributed by atoms with Crippen molar-refractivity contribution in [3.05, 3.63) is 41.6 Å². The number of hydrogen-bond donors (Lipinski definition) is 3. The zero-order chi connectivity index (χ0) is 15.6. The normalized spacial score (nSPS) is 24.9. The number of nitrogens with one attached hydrogen (secondary N) is 3. The third-order valence-electron chi connectivity index (χ3n) is 4.40. The summed E-state index contributed by atoms with van der Waals surface area (Å²) in [5, 5.41) is 8.87. The van der Waals surface area contributed by atoms with Crippen LogP contribution in [-0.2, 0) is 32.7 Å². The maximum atomic E-state index is 3.91. The molecule has 3 aliphatic rings. The first kappa shape index (κ1) is 20.6. The standard InChI is InChI=1S/C8H11N.C5H8N3.C5H10.Y/c1-2-4-8-6-9-5-7(8)3-1;1-4-3-7-8-5(4)6-2;1-2-4-5-3-1;/h1-4,7-9H,5-6H2;1-2H3,(H2,6,7,8);1-5H2;/q;-1;;. The second-order valence-corrected chi connectivity index (χ2v) is 6.10. The molecule has 23 heavy (non-hydrogen) atoms. The molecule has 0 amide bonds. The zero-order valence-corrected chi connectivity index (χ0v) is 17.3. The van der Waals surface area contributed by atoms with Crippen molar-refractivity contribution in [3.63, 3.8) is 0 Å². The summed E-state index contributed by atoms with van der Waals surface area (Å²) in [7, 11) is 1.74. The Kier molecular flexibility index (Phi) is 10.7. The maximum absolute atomic E-state index is 3.91. The van der Waals surface area contributed by atoms with Gasteiger partial charge in [-0.2, -0.15) is 5.56 Å². The van der Waals surface area contributed by atoms with Gasteiger partial charge in [-0.3, -0.25) is 0 Å². The van der Waals surface area contributed by atoms with Crippen molar-refractivity contribution in [2.24, 2.45) is 16.8 Å². The van der Waals surface area contributed by atoms with E-state index in [1.54, 1.807) is 7.05 Å². The second kappa shape index (κ2) is 12.0. The fourth-order valence-electron chi connectivity index (χ4n) is 3.00. The molecule has 1 saturated carbocycles. The fourth-order valence-corrected chi connectivity index (χ4v) is 3.00. The number of fused-ring (bicyclic) bond motifs is 1.